The Labute approximate surface area is 102 Å². The van der Waals surface area contributed by atoms with Crippen LogP contribution in [0.2, 0.25) is 0 Å². The second-order valence-electron chi connectivity index (χ2n) is 4.12. The highest BCUT2D eigenvalue weighted by Crippen LogP contribution is 2.28. The molecule has 0 aromatic heterocycles. The average Bonchev–Trinajstić information content (AvgIpc) is 2.35. The van der Waals surface area contributed by atoms with E-state index in [-0.39, 0.29) is 6.04 Å². The first-order valence-electron chi connectivity index (χ1n) is 5.72. The summed E-state index contributed by atoms with van der Waals surface area (Å²) >= 11 is 0. The van der Waals surface area contributed by atoms with Crippen molar-refractivity contribution in [2.24, 2.45) is 5.73 Å². The van der Waals surface area contributed by atoms with Crippen molar-refractivity contribution in [3.8, 4) is 5.75 Å². The summed E-state index contributed by atoms with van der Waals surface area (Å²) in [5, 5.41) is 2.31. The topological polar surface area (TPSA) is 35.2 Å². The van der Waals surface area contributed by atoms with Gasteiger partial charge in [0.1, 0.15) is 5.75 Å². The molecule has 2 N–H and O–H groups in total. The van der Waals surface area contributed by atoms with Gasteiger partial charge in [-0.25, -0.2) is 0 Å². The molecule has 0 heterocycles. The Bertz CT molecular complexity index is 544. The predicted molar refractivity (Wildman–Crippen MR) is 73.2 cm³/mol. The summed E-state index contributed by atoms with van der Waals surface area (Å²) in [6.07, 6.45) is 4.06. The van der Waals surface area contributed by atoms with E-state index in [1.165, 1.54) is 10.9 Å². The highest BCUT2D eigenvalue weighted by Gasteiger charge is 2.03. The van der Waals surface area contributed by atoms with E-state index in [1.807, 2.05) is 31.2 Å². The van der Waals surface area contributed by atoms with Gasteiger partial charge in [-0.2, -0.15) is 0 Å². The van der Waals surface area contributed by atoms with E-state index in [1.54, 1.807) is 7.11 Å². The molecule has 2 aromatic rings. The Morgan fingerprint density at radius 3 is 2.47 bits per heavy atom. The van der Waals surface area contributed by atoms with E-state index in [2.05, 4.69) is 24.3 Å². The average molecular weight is 227 g/mol. The van der Waals surface area contributed by atoms with Crippen LogP contribution in [0.3, 0.4) is 0 Å². The van der Waals surface area contributed by atoms with Crippen molar-refractivity contribution in [3.63, 3.8) is 0 Å². The van der Waals surface area contributed by atoms with Crippen molar-refractivity contribution in [3.05, 3.63) is 48.0 Å². The lowest BCUT2D eigenvalue weighted by atomic mass is 10.0. The molecule has 0 saturated carbocycles. The maximum atomic E-state index is 5.73. The van der Waals surface area contributed by atoms with E-state index >= 15 is 0 Å². The Morgan fingerprint density at radius 2 is 1.82 bits per heavy atom. The molecule has 0 radical (unpaired) electrons. The largest absolute Gasteiger partial charge is 0.496 e. The number of benzene rings is 2. The lowest BCUT2D eigenvalue weighted by molar-refractivity contribution is 0.420. The first kappa shape index (κ1) is 11.7. The van der Waals surface area contributed by atoms with Crippen LogP contribution in [0.1, 0.15) is 12.5 Å². The van der Waals surface area contributed by atoms with Gasteiger partial charge in [0, 0.05) is 11.4 Å². The van der Waals surface area contributed by atoms with E-state index in [9.17, 15) is 0 Å². The first-order chi connectivity index (χ1) is 8.22. The van der Waals surface area contributed by atoms with Crippen molar-refractivity contribution in [2.75, 3.05) is 7.11 Å². The van der Waals surface area contributed by atoms with Crippen LogP contribution in [0.15, 0.2) is 42.5 Å². The number of fused-ring (bicyclic) bond motifs is 1. The normalized spacial score (nSPS) is 13.1. The third kappa shape index (κ3) is 2.48. The number of methoxy groups -OCH3 is 1. The fraction of sp³-hybridized carbons (Fsp3) is 0.200. The van der Waals surface area contributed by atoms with Gasteiger partial charge >= 0.3 is 0 Å². The quantitative estimate of drug-likeness (QED) is 0.873. The van der Waals surface area contributed by atoms with Gasteiger partial charge in [-0.3, -0.25) is 0 Å². The summed E-state index contributed by atoms with van der Waals surface area (Å²) in [7, 11) is 1.69. The van der Waals surface area contributed by atoms with E-state index < -0.39 is 0 Å². The molecule has 17 heavy (non-hydrogen) atoms. The zero-order chi connectivity index (χ0) is 12.3. The highest BCUT2D eigenvalue weighted by atomic mass is 16.5. The first-order valence-corrected chi connectivity index (χ1v) is 5.72. The van der Waals surface area contributed by atoms with Crippen LogP contribution in [0.4, 0.5) is 0 Å². The molecule has 0 saturated heterocycles. The Balaban J connectivity index is 2.58. The maximum Gasteiger partial charge on any atom is 0.126 e. The SMILES string of the molecule is COc1ccc(/C=C/C(C)N)c2ccccc12. The van der Waals surface area contributed by atoms with Crippen molar-refractivity contribution in [1.29, 1.82) is 0 Å². The number of nitrogens with two attached hydrogens (primary N) is 1. The van der Waals surface area contributed by atoms with Gasteiger partial charge in [-0.05, 0) is 23.9 Å². The van der Waals surface area contributed by atoms with E-state index in [0.29, 0.717) is 0 Å². The lowest BCUT2D eigenvalue weighted by Gasteiger charge is -2.08. The molecule has 0 aliphatic rings. The number of hydrogen-bond acceptors (Lipinski definition) is 2. The van der Waals surface area contributed by atoms with Crippen LogP contribution in [0, 0.1) is 0 Å². The molecular formula is C15H17NO. The molecular weight excluding hydrogens is 210 g/mol. The van der Waals surface area contributed by atoms with Gasteiger partial charge in [-0.15, -0.1) is 0 Å². The minimum atomic E-state index is 0.0656. The fourth-order valence-electron chi connectivity index (χ4n) is 1.87. The Hall–Kier alpha value is -1.80. The Morgan fingerprint density at radius 1 is 1.12 bits per heavy atom. The molecule has 0 aliphatic heterocycles. The second-order valence-corrected chi connectivity index (χ2v) is 4.12. The number of rotatable bonds is 3. The number of hydrogen-bond donors (Lipinski definition) is 1. The Kier molecular flexibility index (Phi) is 3.45. The van der Waals surface area contributed by atoms with E-state index in [0.717, 1.165) is 11.1 Å². The van der Waals surface area contributed by atoms with Crippen molar-refractivity contribution in [2.45, 2.75) is 13.0 Å². The van der Waals surface area contributed by atoms with Crippen LogP contribution >= 0.6 is 0 Å². The fourth-order valence-corrected chi connectivity index (χ4v) is 1.87. The summed E-state index contributed by atoms with van der Waals surface area (Å²) in [5.41, 5.74) is 6.89. The van der Waals surface area contributed by atoms with Gasteiger partial charge in [-0.1, -0.05) is 42.5 Å². The minimum absolute atomic E-state index is 0.0656. The third-order valence-electron chi connectivity index (χ3n) is 2.72. The van der Waals surface area contributed by atoms with Crippen molar-refractivity contribution >= 4 is 16.8 Å². The van der Waals surface area contributed by atoms with Crippen LogP contribution in [0.5, 0.6) is 5.75 Å². The summed E-state index contributed by atoms with van der Waals surface area (Å²) < 4.78 is 5.36. The van der Waals surface area contributed by atoms with Crippen LogP contribution in [-0.4, -0.2) is 13.2 Å². The molecule has 0 amide bonds. The summed E-state index contributed by atoms with van der Waals surface area (Å²) in [6.45, 7) is 1.96. The standard InChI is InChI=1S/C15H17NO/c1-11(16)7-8-12-9-10-15(17-2)14-6-4-3-5-13(12)14/h3-11H,16H2,1-2H3/b8-7+. The van der Waals surface area contributed by atoms with Crippen LogP contribution in [-0.2, 0) is 0 Å². The highest BCUT2D eigenvalue weighted by molar-refractivity contribution is 5.94. The van der Waals surface area contributed by atoms with Gasteiger partial charge in [0.2, 0.25) is 0 Å². The van der Waals surface area contributed by atoms with Crippen LogP contribution < -0.4 is 10.5 Å². The van der Waals surface area contributed by atoms with Gasteiger partial charge in [0.05, 0.1) is 7.11 Å². The molecule has 0 bridgehead atoms. The molecule has 2 rings (SSSR count). The predicted octanol–water partition coefficient (Wildman–Crippen LogP) is 3.21. The summed E-state index contributed by atoms with van der Waals surface area (Å²) in [6, 6.07) is 12.3. The van der Waals surface area contributed by atoms with E-state index in [4.69, 9.17) is 10.5 Å². The molecule has 0 spiro atoms. The van der Waals surface area contributed by atoms with Gasteiger partial charge < -0.3 is 10.5 Å². The third-order valence-corrected chi connectivity index (χ3v) is 2.72. The minimum Gasteiger partial charge on any atom is -0.496 e. The molecule has 2 aromatic carbocycles. The zero-order valence-corrected chi connectivity index (χ0v) is 10.2. The maximum absolute atomic E-state index is 5.73. The monoisotopic (exact) mass is 227 g/mol. The van der Waals surface area contributed by atoms with Crippen molar-refractivity contribution < 1.29 is 4.74 Å². The molecule has 0 fully saturated rings. The molecule has 2 nitrogen and oxygen atoms in total. The number of ether oxygens (including phenoxy) is 1. The van der Waals surface area contributed by atoms with Crippen molar-refractivity contribution in [1.82, 2.24) is 0 Å². The van der Waals surface area contributed by atoms with Gasteiger partial charge in [0.15, 0.2) is 0 Å². The summed E-state index contributed by atoms with van der Waals surface area (Å²) in [4.78, 5) is 0. The second kappa shape index (κ2) is 5.02. The molecule has 0 aliphatic carbocycles. The molecule has 2 heteroatoms. The lowest BCUT2D eigenvalue weighted by Crippen LogP contribution is -2.09. The zero-order valence-electron chi connectivity index (χ0n) is 10.2. The van der Waals surface area contributed by atoms with Gasteiger partial charge in [0.25, 0.3) is 0 Å². The van der Waals surface area contributed by atoms with Crippen LogP contribution in [0.25, 0.3) is 16.8 Å². The summed E-state index contributed by atoms with van der Waals surface area (Å²) in [5.74, 6) is 0.901. The smallest absolute Gasteiger partial charge is 0.126 e. The molecule has 88 valence electrons. The molecule has 1 atom stereocenters. The molecule has 1 unspecified atom stereocenters.